The summed E-state index contributed by atoms with van der Waals surface area (Å²) < 4.78 is 5.60. The normalized spacial score (nSPS) is 20.4. The number of aromatic nitrogens is 2. The van der Waals surface area contributed by atoms with Crippen LogP contribution in [0.2, 0.25) is 0 Å². The van der Waals surface area contributed by atoms with Crippen molar-refractivity contribution >= 4 is 5.91 Å². The van der Waals surface area contributed by atoms with Crippen LogP contribution in [0.3, 0.4) is 0 Å². The van der Waals surface area contributed by atoms with Crippen LogP contribution in [0.4, 0.5) is 0 Å². The Hall–Kier alpha value is -3.25. The van der Waals surface area contributed by atoms with Gasteiger partial charge in [0, 0.05) is 49.6 Å². The Morgan fingerprint density at radius 2 is 1.79 bits per heavy atom. The summed E-state index contributed by atoms with van der Waals surface area (Å²) in [4.78, 5) is 23.0. The Bertz CT molecular complexity index is 991. The Morgan fingerprint density at radius 3 is 2.61 bits per heavy atom. The maximum Gasteiger partial charge on any atom is 0.321 e. The fraction of sp³-hybridized carbons (Fsp3) is 0.227. The molecule has 0 radical (unpaired) electrons. The molecule has 6 nitrogen and oxygen atoms in total. The number of nitrogens with zero attached hydrogens (tertiary/aromatic N) is 3. The van der Waals surface area contributed by atoms with Crippen molar-refractivity contribution in [2.45, 2.75) is 18.5 Å². The molecular formula is C22H20N4O2. The number of benzene rings is 2. The number of amides is 1. The highest BCUT2D eigenvalue weighted by molar-refractivity contribution is 5.94. The van der Waals surface area contributed by atoms with E-state index in [2.05, 4.69) is 39.6 Å². The maximum atomic E-state index is 13.0. The second kappa shape index (κ2) is 7.05. The van der Waals surface area contributed by atoms with Gasteiger partial charge in [0.05, 0.1) is 0 Å². The first kappa shape index (κ1) is 16.9. The van der Waals surface area contributed by atoms with Gasteiger partial charge in [-0.05, 0) is 41.5 Å². The second-order valence-electron chi connectivity index (χ2n) is 7.16. The van der Waals surface area contributed by atoms with E-state index >= 15 is 0 Å². The minimum absolute atomic E-state index is 0.0520. The van der Waals surface area contributed by atoms with Crippen LogP contribution in [0.5, 0.6) is 11.8 Å². The molecule has 5 rings (SSSR count). The van der Waals surface area contributed by atoms with Crippen molar-refractivity contribution in [1.82, 2.24) is 20.2 Å². The number of carbonyl (C=O) groups excluding carboxylic acids is 1. The van der Waals surface area contributed by atoms with Gasteiger partial charge < -0.3 is 15.0 Å². The molecule has 0 unspecified atom stereocenters. The van der Waals surface area contributed by atoms with E-state index in [1.807, 2.05) is 4.90 Å². The monoisotopic (exact) mass is 372 g/mol. The fourth-order valence-corrected chi connectivity index (χ4v) is 4.08. The van der Waals surface area contributed by atoms with Crippen LogP contribution in [-0.2, 0) is 6.54 Å². The molecule has 28 heavy (non-hydrogen) atoms. The summed E-state index contributed by atoms with van der Waals surface area (Å²) in [5, 5.41) is 3.58. The van der Waals surface area contributed by atoms with Crippen molar-refractivity contribution in [2.24, 2.45) is 0 Å². The van der Waals surface area contributed by atoms with Crippen LogP contribution >= 0.6 is 0 Å². The molecule has 0 bridgehead atoms. The number of fused-ring (bicyclic) bond motifs is 3. The zero-order valence-corrected chi connectivity index (χ0v) is 15.3. The van der Waals surface area contributed by atoms with E-state index in [-0.39, 0.29) is 11.9 Å². The summed E-state index contributed by atoms with van der Waals surface area (Å²) in [7, 11) is 0. The van der Waals surface area contributed by atoms with Crippen molar-refractivity contribution in [2.75, 3.05) is 13.1 Å². The molecule has 1 amide bonds. The molecule has 0 aliphatic carbocycles. The van der Waals surface area contributed by atoms with E-state index < -0.39 is 0 Å². The van der Waals surface area contributed by atoms with Gasteiger partial charge in [-0.1, -0.05) is 24.3 Å². The average Bonchev–Trinajstić information content (AvgIpc) is 3.19. The molecular weight excluding hydrogens is 352 g/mol. The number of hydrogen-bond acceptors (Lipinski definition) is 5. The highest BCUT2D eigenvalue weighted by atomic mass is 16.5. The summed E-state index contributed by atoms with van der Waals surface area (Å²) in [6.07, 6.45) is 3.25. The quantitative estimate of drug-likeness (QED) is 0.766. The van der Waals surface area contributed by atoms with Crippen LogP contribution in [0.15, 0.2) is 67.0 Å². The first-order chi connectivity index (χ1) is 13.8. The average molecular weight is 372 g/mol. The lowest BCUT2D eigenvalue weighted by Crippen LogP contribution is -2.39. The largest absolute Gasteiger partial charge is 0.424 e. The Morgan fingerprint density at radius 1 is 1.00 bits per heavy atom. The van der Waals surface area contributed by atoms with Crippen LogP contribution in [0.25, 0.3) is 0 Å². The van der Waals surface area contributed by atoms with E-state index in [0.717, 1.165) is 19.6 Å². The highest BCUT2D eigenvalue weighted by Gasteiger charge is 2.39. The third-order valence-electron chi connectivity index (χ3n) is 5.47. The number of carbonyl (C=O) groups is 1. The van der Waals surface area contributed by atoms with Gasteiger partial charge in [-0.15, -0.1) is 0 Å². The first-order valence-corrected chi connectivity index (χ1v) is 9.43. The van der Waals surface area contributed by atoms with Crippen LogP contribution in [0.1, 0.15) is 27.4 Å². The molecule has 1 saturated heterocycles. The molecule has 3 heterocycles. The lowest BCUT2D eigenvalue weighted by Gasteiger charge is -2.28. The molecule has 0 saturated carbocycles. The lowest BCUT2D eigenvalue weighted by atomic mass is 9.87. The molecule has 2 atom stereocenters. The molecule has 0 spiro atoms. The molecule has 6 heteroatoms. The standard InChI is InChI=1S/C22H20N4O2/c27-21(15-6-8-17(9-7-15)28-22-23-10-3-11-24-22)26-13-19-18-5-2-1-4-16(18)12-25-20(19)14-26/h1-11,19-20,25H,12-14H2/t19-,20-/m0/s1. The van der Waals surface area contributed by atoms with Crippen LogP contribution < -0.4 is 10.1 Å². The minimum atomic E-state index is 0.0520. The Balaban J connectivity index is 1.30. The smallest absolute Gasteiger partial charge is 0.321 e. The summed E-state index contributed by atoms with van der Waals surface area (Å²) in [6.45, 7) is 2.34. The highest BCUT2D eigenvalue weighted by Crippen LogP contribution is 2.34. The lowest BCUT2D eigenvalue weighted by molar-refractivity contribution is 0.0788. The van der Waals surface area contributed by atoms with Gasteiger partial charge in [-0.3, -0.25) is 4.79 Å². The maximum absolute atomic E-state index is 13.0. The zero-order valence-electron chi connectivity index (χ0n) is 15.3. The molecule has 1 aromatic heterocycles. The number of likely N-dealkylation sites (tertiary alicyclic amines) is 1. The third kappa shape index (κ3) is 3.12. The zero-order chi connectivity index (χ0) is 18.9. The van der Waals surface area contributed by atoms with Crippen molar-refractivity contribution in [3.8, 4) is 11.8 Å². The predicted molar refractivity (Wildman–Crippen MR) is 104 cm³/mol. The molecule has 2 aliphatic heterocycles. The second-order valence-corrected chi connectivity index (χ2v) is 7.16. The van der Waals surface area contributed by atoms with Gasteiger partial charge in [0.2, 0.25) is 0 Å². The minimum Gasteiger partial charge on any atom is -0.424 e. The van der Waals surface area contributed by atoms with E-state index in [0.29, 0.717) is 23.3 Å². The van der Waals surface area contributed by atoms with Gasteiger partial charge in [-0.25, -0.2) is 9.97 Å². The number of ether oxygens (including phenoxy) is 1. The Kier molecular flexibility index (Phi) is 4.25. The van der Waals surface area contributed by atoms with E-state index in [4.69, 9.17) is 4.74 Å². The van der Waals surface area contributed by atoms with Crippen molar-refractivity contribution < 1.29 is 9.53 Å². The summed E-state index contributed by atoms with van der Waals surface area (Å²) in [5.74, 6) is 1.01. The SMILES string of the molecule is O=C(c1ccc(Oc2ncccn2)cc1)N1C[C@@H]2NCc3ccccc3[C@@H]2C1. The third-order valence-corrected chi connectivity index (χ3v) is 5.47. The van der Waals surface area contributed by atoms with Gasteiger partial charge in [0.25, 0.3) is 5.91 Å². The van der Waals surface area contributed by atoms with E-state index in [9.17, 15) is 4.79 Å². The summed E-state index contributed by atoms with van der Waals surface area (Å²) in [5.41, 5.74) is 3.36. The van der Waals surface area contributed by atoms with Crippen molar-refractivity contribution in [3.05, 3.63) is 83.7 Å². The molecule has 1 fully saturated rings. The number of hydrogen-bond donors (Lipinski definition) is 1. The number of nitrogens with one attached hydrogen (secondary N) is 1. The van der Waals surface area contributed by atoms with E-state index in [1.165, 1.54) is 11.1 Å². The van der Waals surface area contributed by atoms with Gasteiger partial charge in [-0.2, -0.15) is 0 Å². The first-order valence-electron chi connectivity index (χ1n) is 9.43. The van der Waals surface area contributed by atoms with Crippen LogP contribution in [-0.4, -0.2) is 39.9 Å². The van der Waals surface area contributed by atoms with Crippen molar-refractivity contribution in [3.63, 3.8) is 0 Å². The van der Waals surface area contributed by atoms with Crippen molar-refractivity contribution in [1.29, 1.82) is 0 Å². The fourth-order valence-electron chi connectivity index (χ4n) is 4.08. The molecule has 140 valence electrons. The van der Waals surface area contributed by atoms with Crippen LogP contribution in [0, 0.1) is 0 Å². The van der Waals surface area contributed by atoms with Gasteiger partial charge in [0.1, 0.15) is 5.75 Å². The van der Waals surface area contributed by atoms with Gasteiger partial charge >= 0.3 is 6.01 Å². The van der Waals surface area contributed by atoms with E-state index in [1.54, 1.807) is 42.7 Å². The summed E-state index contributed by atoms with van der Waals surface area (Å²) >= 11 is 0. The molecule has 3 aromatic rings. The van der Waals surface area contributed by atoms with Gasteiger partial charge in [0.15, 0.2) is 0 Å². The topological polar surface area (TPSA) is 67.3 Å². The molecule has 1 N–H and O–H groups in total. The molecule has 2 aromatic carbocycles. The summed E-state index contributed by atoms with van der Waals surface area (Å²) in [6, 6.07) is 18.0. The predicted octanol–water partition coefficient (Wildman–Crippen LogP) is 2.98. The Labute approximate surface area is 163 Å². The number of rotatable bonds is 3. The molecule has 2 aliphatic rings.